The summed E-state index contributed by atoms with van der Waals surface area (Å²) in [6.45, 7) is 4.05. The second kappa shape index (κ2) is 4.92. The molecule has 0 saturated carbocycles. The minimum atomic E-state index is -0.374. The van der Waals surface area contributed by atoms with Gasteiger partial charge in [0.15, 0.2) is 6.04 Å². The summed E-state index contributed by atoms with van der Waals surface area (Å²) in [6, 6.07) is 7.80. The van der Waals surface area contributed by atoms with Gasteiger partial charge in [0.1, 0.15) is 0 Å². The van der Waals surface area contributed by atoms with E-state index in [2.05, 4.69) is 17.1 Å². The van der Waals surface area contributed by atoms with E-state index in [4.69, 9.17) is 4.74 Å². The van der Waals surface area contributed by atoms with Crippen molar-refractivity contribution >= 4 is 22.8 Å². The first-order chi connectivity index (χ1) is 8.11. The average molecular weight is 249 g/mol. The first-order valence-corrected chi connectivity index (χ1v) is 6.39. The van der Waals surface area contributed by atoms with Gasteiger partial charge in [-0.15, -0.1) is 11.8 Å². The standard InChI is InChI=1S/C13H15NO2S/c1-8-4-6-10(7-5-8)12-14-11(9(2)17-12)13(15)16-3/h4-7,9,11H,1-3H3/t9-,11+/m0/s1. The van der Waals surface area contributed by atoms with E-state index in [0.717, 1.165) is 10.6 Å². The topological polar surface area (TPSA) is 38.7 Å². The van der Waals surface area contributed by atoms with E-state index in [0.29, 0.717) is 0 Å². The second-order valence-corrected chi connectivity index (χ2v) is 5.46. The van der Waals surface area contributed by atoms with Crippen LogP contribution < -0.4 is 0 Å². The summed E-state index contributed by atoms with van der Waals surface area (Å²) in [5.41, 5.74) is 2.29. The Kier molecular flexibility index (Phi) is 3.52. The molecular formula is C13H15NO2S. The smallest absolute Gasteiger partial charge is 0.331 e. The van der Waals surface area contributed by atoms with E-state index < -0.39 is 0 Å². The van der Waals surface area contributed by atoms with Gasteiger partial charge in [-0.1, -0.05) is 36.8 Å². The number of carbonyl (C=O) groups is 1. The average Bonchev–Trinajstić information content (AvgIpc) is 2.71. The number of aryl methyl sites for hydroxylation is 1. The molecule has 0 bridgehead atoms. The van der Waals surface area contributed by atoms with Crippen LogP contribution in [0.3, 0.4) is 0 Å². The zero-order chi connectivity index (χ0) is 12.4. The third-order valence-corrected chi connectivity index (χ3v) is 3.93. The third kappa shape index (κ3) is 2.52. The normalized spacial score (nSPS) is 23.4. The van der Waals surface area contributed by atoms with E-state index in [1.54, 1.807) is 11.8 Å². The van der Waals surface area contributed by atoms with Crippen molar-refractivity contribution < 1.29 is 9.53 Å². The first kappa shape index (κ1) is 12.2. The minimum absolute atomic E-state index is 0.138. The first-order valence-electron chi connectivity index (χ1n) is 5.51. The second-order valence-electron chi connectivity index (χ2n) is 4.09. The van der Waals surface area contributed by atoms with Crippen LogP contribution in [0.15, 0.2) is 29.3 Å². The Morgan fingerprint density at radius 3 is 2.59 bits per heavy atom. The maximum Gasteiger partial charge on any atom is 0.331 e. The Hall–Kier alpha value is -1.29. The monoisotopic (exact) mass is 249 g/mol. The molecule has 0 saturated heterocycles. The van der Waals surface area contributed by atoms with Crippen molar-refractivity contribution in [2.45, 2.75) is 25.1 Å². The van der Waals surface area contributed by atoms with E-state index in [1.165, 1.54) is 12.7 Å². The van der Waals surface area contributed by atoms with Crippen molar-refractivity contribution in [3.05, 3.63) is 35.4 Å². The maximum atomic E-state index is 11.5. The molecule has 0 N–H and O–H groups in total. The number of benzene rings is 1. The summed E-state index contributed by atoms with van der Waals surface area (Å²) < 4.78 is 4.75. The Balaban J connectivity index is 2.23. The van der Waals surface area contributed by atoms with Gasteiger partial charge in [-0.05, 0) is 6.92 Å². The third-order valence-electron chi connectivity index (χ3n) is 2.74. The number of carbonyl (C=O) groups excluding carboxylic acids is 1. The van der Waals surface area contributed by atoms with Crippen LogP contribution in [0.1, 0.15) is 18.1 Å². The molecule has 0 radical (unpaired) electrons. The summed E-state index contributed by atoms with van der Waals surface area (Å²) >= 11 is 1.63. The molecule has 2 atom stereocenters. The highest BCUT2D eigenvalue weighted by molar-refractivity contribution is 8.15. The fourth-order valence-corrected chi connectivity index (χ4v) is 2.81. The number of methoxy groups -OCH3 is 1. The van der Waals surface area contributed by atoms with Gasteiger partial charge in [0.25, 0.3) is 0 Å². The van der Waals surface area contributed by atoms with E-state index in [1.807, 2.05) is 26.0 Å². The largest absolute Gasteiger partial charge is 0.467 e. The van der Waals surface area contributed by atoms with Gasteiger partial charge in [0.05, 0.1) is 12.2 Å². The number of rotatable bonds is 2. The van der Waals surface area contributed by atoms with Crippen LogP contribution in [-0.2, 0) is 9.53 Å². The van der Waals surface area contributed by atoms with Gasteiger partial charge >= 0.3 is 5.97 Å². The van der Waals surface area contributed by atoms with Crippen molar-refractivity contribution in [3.8, 4) is 0 Å². The predicted octanol–water partition coefficient (Wildman–Crippen LogP) is 2.42. The highest BCUT2D eigenvalue weighted by Gasteiger charge is 2.33. The zero-order valence-corrected chi connectivity index (χ0v) is 11.0. The molecule has 0 fully saturated rings. The molecule has 0 unspecified atom stereocenters. The quantitative estimate of drug-likeness (QED) is 0.756. The van der Waals surface area contributed by atoms with Crippen molar-refractivity contribution in [3.63, 3.8) is 0 Å². The molecule has 2 rings (SSSR count). The van der Waals surface area contributed by atoms with Gasteiger partial charge in [-0.3, -0.25) is 4.99 Å². The molecule has 0 aromatic heterocycles. The molecule has 0 spiro atoms. The van der Waals surface area contributed by atoms with Gasteiger partial charge in [-0.25, -0.2) is 4.79 Å². The van der Waals surface area contributed by atoms with Gasteiger partial charge in [0, 0.05) is 10.8 Å². The van der Waals surface area contributed by atoms with E-state index in [-0.39, 0.29) is 17.3 Å². The van der Waals surface area contributed by atoms with Crippen molar-refractivity contribution in [2.24, 2.45) is 4.99 Å². The maximum absolute atomic E-state index is 11.5. The Bertz CT molecular complexity index is 453. The van der Waals surface area contributed by atoms with Gasteiger partial charge in [0.2, 0.25) is 0 Å². The summed E-state index contributed by atoms with van der Waals surface area (Å²) in [5, 5.41) is 1.06. The summed E-state index contributed by atoms with van der Waals surface area (Å²) in [4.78, 5) is 16.0. The van der Waals surface area contributed by atoms with Crippen LogP contribution in [0.2, 0.25) is 0 Å². The van der Waals surface area contributed by atoms with Crippen LogP contribution in [-0.4, -0.2) is 29.4 Å². The molecule has 17 heavy (non-hydrogen) atoms. The van der Waals surface area contributed by atoms with Crippen LogP contribution >= 0.6 is 11.8 Å². The molecular weight excluding hydrogens is 234 g/mol. The highest BCUT2D eigenvalue weighted by Crippen LogP contribution is 2.30. The Labute approximate surface area is 105 Å². The molecule has 0 aliphatic carbocycles. The molecule has 3 nitrogen and oxygen atoms in total. The number of hydrogen-bond acceptors (Lipinski definition) is 4. The van der Waals surface area contributed by atoms with Crippen LogP contribution in [0.5, 0.6) is 0 Å². The van der Waals surface area contributed by atoms with Crippen LogP contribution in [0.4, 0.5) is 0 Å². The fourth-order valence-electron chi connectivity index (χ4n) is 1.71. The molecule has 0 amide bonds. The molecule has 1 heterocycles. The number of esters is 1. The number of nitrogens with zero attached hydrogens (tertiary/aromatic N) is 1. The van der Waals surface area contributed by atoms with Gasteiger partial charge < -0.3 is 4.74 Å². The van der Waals surface area contributed by atoms with Crippen molar-refractivity contribution in [1.82, 2.24) is 0 Å². The SMILES string of the molecule is COC(=O)[C@@H]1N=C(c2ccc(C)cc2)S[C@H]1C. The summed E-state index contributed by atoms with van der Waals surface area (Å²) in [7, 11) is 1.40. The lowest BCUT2D eigenvalue weighted by atomic mass is 10.1. The number of aliphatic imine (C=N–C) groups is 1. The summed E-state index contributed by atoms with van der Waals surface area (Å²) in [6.07, 6.45) is 0. The number of ether oxygens (including phenoxy) is 1. The van der Waals surface area contributed by atoms with Crippen molar-refractivity contribution in [2.75, 3.05) is 7.11 Å². The lowest BCUT2D eigenvalue weighted by Crippen LogP contribution is -2.26. The number of thioether (sulfide) groups is 1. The minimum Gasteiger partial charge on any atom is -0.467 e. The van der Waals surface area contributed by atoms with Gasteiger partial charge in [-0.2, -0.15) is 0 Å². The van der Waals surface area contributed by atoms with E-state index in [9.17, 15) is 4.79 Å². The molecule has 4 heteroatoms. The molecule has 1 aromatic carbocycles. The van der Waals surface area contributed by atoms with Crippen LogP contribution in [0, 0.1) is 6.92 Å². The molecule has 1 aliphatic rings. The lowest BCUT2D eigenvalue weighted by molar-refractivity contribution is -0.141. The molecule has 90 valence electrons. The van der Waals surface area contributed by atoms with E-state index >= 15 is 0 Å². The zero-order valence-electron chi connectivity index (χ0n) is 10.1. The Morgan fingerprint density at radius 1 is 1.35 bits per heavy atom. The number of hydrogen-bond donors (Lipinski definition) is 0. The highest BCUT2D eigenvalue weighted by atomic mass is 32.2. The van der Waals surface area contributed by atoms with Crippen molar-refractivity contribution in [1.29, 1.82) is 0 Å². The predicted molar refractivity (Wildman–Crippen MR) is 70.6 cm³/mol. The summed E-state index contributed by atoms with van der Waals surface area (Å²) in [5.74, 6) is -0.257. The fraction of sp³-hybridized carbons (Fsp3) is 0.385. The Morgan fingerprint density at radius 2 is 2.00 bits per heavy atom. The molecule has 1 aliphatic heterocycles. The van der Waals surface area contributed by atoms with Crippen LogP contribution in [0.25, 0.3) is 0 Å². The lowest BCUT2D eigenvalue weighted by Gasteiger charge is -2.08. The molecule has 1 aromatic rings.